The maximum Gasteiger partial charge on any atom is 0.206 e. The van der Waals surface area contributed by atoms with Gasteiger partial charge in [-0.3, -0.25) is 4.40 Å². The largest absolute Gasteiger partial charge is 0.497 e. The Kier molecular flexibility index (Phi) is 5.26. The lowest BCUT2D eigenvalue weighted by molar-refractivity contribution is 0.415. The van der Waals surface area contributed by atoms with Gasteiger partial charge in [0.2, 0.25) is 5.95 Å². The molecule has 2 aromatic carbocycles. The second-order valence-corrected chi connectivity index (χ2v) is 5.66. The summed E-state index contributed by atoms with van der Waals surface area (Å²) in [6, 6.07) is 17.2. The molecule has 138 valence electrons. The number of aromatic nitrogens is 3. The molecule has 0 aliphatic carbocycles. The van der Waals surface area contributed by atoms with E-state index in [1.807, 2.05) is 72.8 Å². The van der Waals surface area contributed by atoms with Gasteiger partial charge >= 0.3 is 0 Å². The third-order valence-corrected chi connectivity index (χ3v) is 4.11. The molecule has 0 saturated heterocycles. The van der Waals surface area contributed by atoms with Crippen molar-refractivity contribution in [2.45, 2.75) is 13.8 Å². The van der Waals surface area contributed by atoms with Crippen molar-refractivity contribution in [3.05, 3.63) is 60.8 Å². The molecule has 0 aliphatic heterocycles. The van der Waals surface area contributed by atoms with Crippen LogP contribution in [-0.4, -0.2) is 21.5 Å². The number of anilines is 2. The Hall–Kier alpha value is -3.54. The van der Waals surface area contributed by atoms with Gasteiger partial charge in [0.05, 0.1) is 18.5 Å². The standard InChI is InChI=1S/C19H17N5O.C2H6/c1-25-15-8-4-13(5-9-15)18-17(12-2-6-14(20)7-3-12)23-16-10-11-22-19(21)24(16)18;1-2/h2-11H,20H2,1H3,(H2,21,22);1-2H3. The van der Waals surface area contributed by atoms with Crippen LogP contribution < -0.4 is 16.2 Å². The van der Waals surface area contributed by atoms with E-state index in [4.69, 9.17) is 21.2 Å². The first kappa shape index (κ1) is 18.3. The average molecular weight is 361 g/mol. The second kappa shape index (κ2) is 7.78. The van der Waals surface area contributed by atoms with Crippen LogP contribution in [0.15, 0.2) is 60.8 Å². The van der Waals surface area contributed by atoms with Crippen LogP contribution in [0, 0.1) is 0 Å². The number of nitrogens with two attached hydrogens (primary N) is 2. The molecular formula is C21H23N5O. The van der Waals surface area contributed by atoms with Gasteiger partial charge in [-0.05, 0) is 42.5 Å². The minimum Gasteiger partial charge on any atom is -0.497 e. The van der Waals surface area contributed by atoms with Crippen molar-refractivity contribution in [1.82, 2.24) is 14.4 Å². The lowest BCUT2D eigenvalue weighted by Crippen LogP contribution is -2.01. The van der Waals surface area contributed by atoms with Crippen LogP contribution in [-0.2, 0) is 0 Å². The number of benzene rings is 2. The fraction of sp³-hybridized carbons (Fsp3) is 0.143. The van der Waals surface area contributed by atoms with Crippen molar-refractivity contribution in [1.29, 1.82) is 0 Å². The number of methoxy groups -OCH3 is 1. The smallest absolute Gasteiger partial charge is 0.206 e. The normalized spacial score (nSPS) is 10.3. The molecule has 0 aliphatic rings. The van der Waals surface area contributed by atoms with Crippen LogP contribution in [0.1, 0.15) is 13.8 Å². The zero-order chi connectivity index (χ0) is 19.4. The highest BCUT2D eigenvalue weighted by molar-refractivity contribution is 5.83. The van der Waals surface area contributed by atoms with E-state index in [0.717, 1.165) is 33.9 Å². The van der Waals surface area contributed by atoms with Crippen molar-refractivity contribution in [2.24, 2.45) is 0 Å². The summed E-state index contributed by atoms with van der Waals surface area (Å²) in [4.78, 5) is 8.97. The van der Waals surface area contributed by atoms with E-state index >= 15 is 0 Å². The molecule has 0 bridgehead atoms. The van der Waals surface area contributed by atoms with Crippen LogP contribution in [0.4, 0.5) is 11.6 Å². The number of nitrogens with zero attached hydrogens (tertiary/aromatic N) is 3. The molecule has 27 heavy (non-hydrogen) atoms. The van der Waals surface area contributed by atoms with Crippen molar-refractivity contribution in [2.75, 3.05) is 18.6 Å². The topological polar surface area (TPSA) is 91.5 Å². The number of nitrogen functional groups attached to an aromatic ring is 2. The molecule has 4 aromatic rings. The van der Waals surface area contributed by atoms with Gasteiger partial charge in [-0.15, -0.1) is 0 Å². The Morgan fingerprint density at radius 1 is 0.852 bits per heavy atom. The number of ether oxygens (including phenoxy) is 1. The number of fused-ring (bicyclic) bond motifs is 1. The van der Waals surface area contributed by atoms with Crippen molar-refractivity contribution in [3.63, 3.8) is 0 Å². The molecule has 0 amide bonds. The van der Waals surface area contributed by atoms with Crippen LogP contribution >= 0.6 is 0 Å². The highest BCUT2D eigenvalue weighted by Gasteiger charge is 2.18. The van der Waals surface area contributed by atoms with E-state index in [1.165, 1.54) is 0 Å². The molecule has 0 atom stereocenters. The molecule has 6 nitrogen and oxygen atoms in total. The summed E-state index contributed by atoms with van der Waals surface area (Å²) in [5.74, 6) is 1.18. The Bertz CT molecular complexity index is 1040. The van der Waals surface area contributed by atoms with Gasteiger partial charge < -0.3 is 16.2 Å². The maximum absolute atomic E-state index is 6.13. The first-order valence-electron chi connectivity index (χ1n) is 8.80. The first-order chi connectivity index (χ1) is 13.2. The first-order valence-corrected chi connectivity index (χ1v) is 8.80. The predicted molar refractivity (Wildman–Crippen MR) is 111 cm³/mol. The molecule has 6 heteroatoms. The van der Waals surface area contributed by atoms with Crippen molar-refractivity contribution < 1.29 is 4.74 Å². The lowest BCUT2D eigenvalue weighted by atomic mass is 10.0. The number of imidazole rings is 1. The number of hydrogen-bond acceptors (Lipinski definition) is 5. The van der Waals surface area contributed by atoms with Gasteiger partial charge in [0.15, 0.2) is 0 Å². The molecule has 0 unspecified atom stereocenters. The highest BCUT2D eigenvalue weighted by Crippen LogP contribution is 2.34. The highest BCUT2D eigenvalue weighted by atomic mass is 16.5. The van der Waals surface area contributed by atoms with E-state index in [-0.39, 0.29) is 0 Å². The third kappa shape index (κ3) is 3.42. The summed E-state index contributed by atoms with van der Waals surface area (Å²) in [6.45, 7) is 4.00. The van der Waals surface area contributed by atoms with Crippen molar-refractivity contribution in [3.8, 4) is 28.3 Å². The molecule has 0 spiro atoms. The Labute approximate surface area is 158 Å². The predicted octanol–water partition coefficient (Wildman–Crippen LogP) is 4.26. The molecular weight excluding hydrogens is 338 g/mol. The summed E-state index contributed by atoms with van der Waals surface area (Å²) in [5, 5.41) is 0. The van der Waals surface area contributed by atoms with Gasteiger partial charge in [0, 0.05) is 23.0 Å². The fourth-order valence-electron chi connectivity index (χ4n) is 2.88. The van der Waals surface area contributed by atoms with E-state index in [9.17, 15) is 0 Å². The summed E-state index contributed by atoms with van der Waals surface area (Å²) < 4.78 is 7.11. The van der Waals surface area contributed by atoms with Gasteiger partial charge in [-0.1, -0.05) is 26.0 Å². The van der Waals surface area contributed by atoms with E-state index in [1.54, 1.807) is 13.3 Å². The minimum atomic E-state index is 0.387. The maximum atomic E-state index is 6.13. The van der Waals surface area contributed by atoms with Gasteiger partial charge in [-0.2, -0.15) is 0 Å². The van der Waals surface area contributed by atoms with E-state index < -0.39 is 0 Å². The van der Waals surface area contributed by atoms with Crippen LogP contribution in [0.25, 0.3) is 28.2 Å². The van der Waals surface area contributed by atoms with Gasteiger partial charge in [-0.25, -0.2) is 9.97 Å². The summed E-state index contributed by atoms with van der Waals surface area (Å²) in [5.41, 5.74) is 17.0. The van der Waals surface area contributed by atoms with Gasteiger partial charge in [0.1, 0.15) is 11.4 Å². The molecule has 0 radical (unpaired) electrons. The van der Waals surface area contributed by atoms with Crippen molar-refractivity contribution >= 4 is 17.3 Å². The van der Waals surface area contributed by atoms with Crippen LogP contribution in [0.5, 0.6) is 5.75 Å². The zero-order valence-corrected chi connectivity index (χ0v) is 15.7. The van der Waals surface area contributed by atoms with Crippen LogP contribution in [0.2, 0.25) is 0 Å². The van der Waals surface area contributed by atoms with E-state index in [2.05, 4.69) is 4.98 Å². The lowest BCUT2D eigenvalue weighted by Gasteiger charge is -2.08. The van der Waals surface area contributed by atoms with Crippen LogP contribution in [0.3, 0.4) is 0 Å². The van der Waals surface area contributed by atoms with Gasteiger partial charge in [0.25, 0.3) is 0 Å². The molecule has 2 aromatic heterocycles. The molecule has 0 saturated carbocycles. The van der Waals surface area contributed by atoms with E-state index in [0.29, 0.717) is 11.6 Å². The average Bonchev–Trinajstić information content (AvgIpc) is 3.11. The number of hydrogen-bond donors (Lipinski definition) is 2. The molecule has 4 N–H and O–H groups in total. The Morgan fingerprint density at radius 3 is 2.11 bits per heavy atom. The fourth-order valence-corrected chi connectivity index (χ4v) is 2.88. The molecule has 2 heterocycles. The second-order valence-electron chi connectivity index (χ2n) is 5.66. The zero-order valence-electron chi connectivity index (χ0n) is 15.7. The summed E-state index contributed by atoms with van der Waals surface area (Å²) >= 11 is 0. The molecule has 4 rings (SSSR count). The number of rotatable bonds is 3. The minimum absolute atomic E-state index is 0.387. The summed E-state index contributed by atoms with van der Waals surface area (Å²) in [7, 11) is 1.64. The summed E-state index contributed by atoms with van der Waals surface area (Å²) in [6.07, 6.45) is 1.65. The molecule has 0 fully saturated rings. The Morgan fingerprint density at radius 2 is 1.48 bits per heavy atom. The SMILES string of the molecule is CC.COc1ccc(-c2c(-c3ccc(N)cc3)nc3ccnc(N)n23)cc1. The monoisotopic (exact) mass is 361 g/mol. The third-order valence-electron chi connectivity index (χ3n) is 4.11. The Balaban J connectivity index is 0.00000102. The quantitative estimate of drug-likeness (QED) is 0.532.